The van der Waals surface area contributed by atoms with Crippen molar-refractivity contribution in [3.8, 4) is 5.75 Å². The maximum atomic E-state index is 12.4. The van der Waals surface area contributed by atoms with Crippen LogP contribution in [-0.2, 0) is 17.6 Å². The summed E-state index contributed by atoms with van der Waals surface area (Å²) in [6.45, 7) is 0.697. The van der Waals surface area contributed by atoms with E-state index >= 15 is 0 Å². The largest absolute Gasteiger partial charge is 0.493 e. The molecule has 146 valence electrons. The van der Waals surface area contributed by atoms with Crippen LogP contribution in [0.5, 0.6) is 5.75 Å². The Bertz CT molecular complexity index is 1030. The molecular formula is C23H21N3O3. The summed E-state index contributed by atoms with van der Waals surface area (Å²) in [6.07, 6.45) is 1.16. The average molecular weight is 387 g/mol. The molecule has 0 saturated carbocycles. The summed E-state index contributed by atoms with van der Waals surface area (Å²) in [5, 5.41) is 8.40. The van der Waals surface area contributed by atoms with Gasteiger partial charge in [-0.2, -0.15) is 0 Å². The molecule has 3 aromatic rings. The van der Waals surface area contributed by atoms with E-state index in [2.05, 4.69) is 16.0 Å². The molecule has 0 atom stereocenters. The summed E-state index contributed by atoms with van der Waals surface area (Å²) in [4.78, 5) is 24.5. The van der Waals surface area contributed by atoms with Gasteiger partial charge in [0.15, 0.2) is 0 Å². The van der Waals surface area contributed by atoms with Crippen LogP contribution in [0.4, 0.5) is 21.9 Å². The lowest BCUT2D eigenvalue weighted by molar-refractivity contribution is -0.115. The molecule has 29 heavy (non-hydrogen) atoms. The first-order valence-electron chi connectivity index (χ1n) is 9.43. The van der Waals surface area contributed by atoms with Crippen molar-refractivity contribution in [2.75, 3.05) is 22.6 Å². The number of hydrogen-bond donors (Lipinski definition) is 3. The molecule has 0 aliphatic carbocycles. The normalized spacial score (nSPS) is 11.9. The van der Waals surface area contributed by atoms with Crippen LogP contribution in [0.25, 0.3) is 0 Å². The zero-order valence-corrected chi connectivity index (χ0v) is 15.8. The second-order valence-electron chi connectivity index (χ2n) is 6.79. The minimum atomic E-state index is -0.347. The highest BCUT2D eigenvalue weighted by atomic mass is 16.5. The molecule has 0 bridgehead atoms. The monoisotopic (exact) mass is 387 g/mol. The van der Waals surface area contributed by atoms with Crippen LogP contribution in [0.1, 0.15) is 11.1 Å². The van der Waals surface area contributed by atoms with Crippen molar-refractivity contribution in [1.29, 1.82) is 0 Å². The third-order valence-corrected chi connectivity index (χ3v) is 4.55. The van der Waals surface area contributed by atoms with E-state index < -0.39 is 0 Å². The molecule has 3 amide bonds. The topological polar surface area (TPSA) is 79.5 Å². The summed E-state index contributed by atoms with van der Waals surface area (Å²) in [5.41, 5.74) is 4.01. The van der Waals surface area contributed by atoms with Crippen LogP contribution >= 0.6 is 0 Å². The molecule has 0 unspecified atom stereocenters. The Labute approximate surface area is 168 Å². The highest BCUT2D eigenvalue weighted by Crippen LogP contribution is 2.26. The number of fused-ring (bicyclic) bond motifs is 1. The quantitative estimate of drug-likeness (QED) is 0.605. The molecule has 3 N–H and O–H groups in total. The maximum absolute atomic E-state index is 12.4. The van der Waals surface area contributed by atoms with Crippen molar-refractivity contribution in [3.05, 3.63) is 83.9 Å². The summed E-state index contributed by atoms with van der Waals surface area (Å²) in [6, 6.07) is 21.7. The van der Waals surface area contributed by atoms with Crippen LogP contribution < -0.4 is 20.7 Å². The fourth-order valence-corrected chi connectivity index (χ4v) is 3.23. The number of urea groups is 1. The van der Waals surface area contributed by atoms with E-state index in [1.807, 2.05) is 36.4 Å². The summed E-state index contributed by atoms with van der Waals surface area (Å²) >= 11 is 0. The average Bonchev–Trinajstić information content (AvgIpc) is 3.16. The number of rotatable bonds is 5. The van der Waals surface area contributed by atoms with Crippen molar-refractivity contribution in [1.82, 2.24) is 0 Å². The summed E-state index contributed by atoms with van der Waals surface area (Å²) in [7, 11) is 0. The number of anilines is 3. The van der Waals surface area contributed by atoms with Crippen molar-refractivity contribution in [2.24, 2.45) is 0 Å². The molecule has 6 heteroatoms. The lowest BCUT2D eigenvalue weighted by atomic mass is 10.1. The second kappa shape index (κ2) is 8.48. The number of carbonyl (C=O) groups is 2. The Morgan fingerprint density at radius 2 is 1.52 bits per heavy atom. The number of amides is 3. The van der Waals surface area contributed by atoms with Crippen molar-refractivity contribution in [2.45, 2.75) is 12.8 Å². The first-order valence-corrected chi connectivity index (χ1v) is 9.43. The molecule has 1 aliphatic heterocycles. The molecule has 0 spiro atoms. The molecule has 1 aliphatic rings. The van der Waals surface area contributed by atoms with Crippen LogP contribution in [-0.4, -0.2) is 18.5 Å². The van der Waals surface area contributed by atoms with Gasteiger partial charge in [-0.05, 0) is 47.5 Å². The Morgan fingerprint density at radius 3 is 2.34 bits per heavy atom. The molecule has 0 radical (unpaired) electrons. The highest BCUT2D eigenvalue weighted by molar-refractivity contribution is 6.00. The first kappa shape index (κ1) is 18.6. The van der Waals surface area contributed by atoms with Crippen molar-refractivity contribution in [3.63, 3.8) is 0 Å². The Kier molecular flexibility index (Phi) is 5.42. The third kappa shape index (κ3) is 4.93. The van der Waals surface area contributed by atoms with E-state index in [1.54, 1.807) is 36.4 Å². The predicted molar refractivity (Wildman–Crippen MR) is 114 cm³/mol. The van der Waals surface area contributed by atoms with E-state index in [0.717, 1.165) is 23.3 Å². The first-order chi connectivity index (χ1) is 14.2. The Balaban J connectivity index is 1.34. The van der Waals surface area contributed by atoms with Crippen LogP contribution in [0, 0.1) is 0 Å². The summed E-state index contributed by atoms with van der Waals surface area (Å²) in [5.74, 6) is 0.788. The van der Waals surface area contributed by atoms with Crippen LogP contribution in [0.15, 0.2) is 72.8 Å². The summed E-state index contributed by atoms with van der Waals surface area (Å²) < 4.78 is 5.50. The SMILES string of the molecule is O=C(Cc1ccc2c(c1)CCO2)Nc1cccc(NC(=O)Nc2ccccc2)c1. The number of nitrogens with one attached hydrogen (secondary N) is 3. The van der Waals surface area contributed by atoms with Gasteiger partial charge in [0, 0.05) is 23.5 Å². The van der Waals surface area contributed by atoms with E-state index in [1.165, 1.54) is 0 Å². The van der Waals surface area contributed by atoms with Gasteiger partial charge in [0.05, 0.1) is 13.0 Å². The zero-order chi connectivity index (χ0) is 20.1. The van der Waals surface area contributed by atoms with Gasteiger partial charge in [-0.1, -0.05) is 36.4 Å². The lowest BCUT2D eigenvalue weighted by Crippen LogP contribution is -2.19. The maximum Gasteiger partial charge on any atom is 0.323 e. The van der Waals surface area contributed by atoms with Crippen molar-refractivity contribution >= 4 is 29.0 Å². The number of ether oxygens (including phenoxy) is 1. The standard InChI is InChI=1S/C23H21N3O3/c27-22(14-16-9-10-21-17(13-16)11-12-29-21)24-19-7-4-8-20(15-19)26-23(28)25-18-5-2-1-3-6-18/h1-10,13,15H,11-12,14H2,(H,24,27)(H2,25,26,28). The molecule has 1 heterocycles. The fourth-order valence-electron chi connectivity index (χ4n) is 3.23. The van der Waals surface area contributed by atoms with Gasteiger partial charge in [-0.15, -0.1) is 0 Å². The smallest absolute Gasteiger partial charge is 0.323 e. The molecule has 3 aromatic carbocycles. The Morgan fingerprint density at radius 1 is 0.793 bits per heavy atom. The Hall–Kier alpha value is -3.80. The molecule has 6 nitrogen and oxygen atoms in total. The second-order valence-corrected chi connectivity index (χ2v) is 6.79. The van der Waals surface area contributed by atoms with Crippen LogP contribution in [0.3, 0.4) is 0 Å². The van der Waals surface area contributed by atoms with Gasteiger partial charge < -0.3 is 20.7 Å². The number of carbonyl (C=O) groups excluding carboxylic acids is 2. The fraction of sp³-hybridized carbons (Fsp3) is 0.130. The zero-order valence-electron chi connectivity index (χ0n) is 15.8. The third-order valence-electron chi connectivity index (χ3n) is 4.55. The van der Waals surface area contributed by atoms with Gasteiger partial charge >= 0.3 is 6.03 Å². The van der Waals surface area contributed by atoms with E-state index in [4.69, 9.17) is 4.74 Å². The molecule has 0 saturated heterocycles. The number of hydrogen-bond acceptors (Lipinski definition) is 3. The molecule has 4 rings (SSSR count). The van der Waals surface area contributed by atoms with E-state index in [9.17, 15) is 9.59 Å². The van der Waals surface area contributed by atoms with Gasteiger partial charge in [0.1, 0.15) is 5.75 Å². The van der Waals surface area contributed by atoms with Crippen LogP contribution in [0.2, 0.25) is 0 Å². The van der Waals surface area contributed by atoms with Gasteiger partial charge in [0.2, 0.25) is 5.91 Å². The van der Waals surface area contributed by atoms with Crippen molar-refractivity contribution < 1.29 is 14.3 Å². The van der Waals surface area contributed by atoms with E-state index in [0.29, 0.717) is 23.7 Å². The number of benzene rings is 3. The van der Waals surface area contributed by atoms with Gasteiger partial charge in [-0.3, -0.25) is 4.79 Å². The lowest BCUT2D eigenvalue weighted by Gasteiger charge is -2.10. The minimum Gasteiger partial charge on any atom is -0.493 e. The molecule has 0 fully saturated rings. The van der Waals surface area contributed by atoms with Gasteiger partial charge in [0.25, 0.3) is 0 Å². The highest BCUT2D eigenvalue weighted by Gasteiger charge is 2.13. The predicted octanol–water partition coefficient (Wildman–Crippen LogP) is 4.45. The van der Waals surface area contributed by atoms with Gasteiger partial charge in [-0.25, -0.2) is 4.79 Å². The molecular weight excluding hydrogens is 366 g/mol. The minimum absolute atomic E-state index is 0.116. The van der Waals surface area contributed by atoms with E-state index in [-0.39, 0.29) is 18.4 Å². The molecule has 0 aromatic heterocycles. The number of para-hydroxylation sites is 1.